The maximum Gasteiger partial charge on any atom is 0.251 e. The first kappa shape index (κ1) is 23.1. The Labute approximate surface area is 208 Å². The third-order valence-corrected chi connectivity index (χ3v) is 6.74. The summed E-state index contributed by atoms with van der Waals surface area (Å²) in [7, 11) is 0. The van der Waals surface area contributed by atoms with Crippen molar-refractivity contribution in [2.24, 2.45) is 0 Å². The topological polar surface area (TPSA) is 80.0 Å². The highest BCUT2D eigenvalue weighted by atomic mass is 35.5. The number of anilines is 2. The molecule has 0 aliphatic heterocycles. The highest BCUT2D eigenvalue weighted by molar-refractivity contribution is 6.31. The molecular weight excluding hydrogens is 463 g/mol. The number of nitrogen functional groups attached to an aromatic ring is 1. The summed E-state index contributed by atoms with van der Waals surface area (Å²) in [6.07, 6.45) is 5.30. The van der Waals surface area contributed by atoms with E-state index in [4.69, 9.17) is 17.3 Å². The van der Waals surface area contributed by atoms with Crippen LogP contribution in [0.3, 0.4) is 0 Å². The van der Waals surface area contributed by atoms with Gasteiger partial charge in [0.25, 0.3) is 5.91 Å². The van der Waals surface area contributed by atoms with Gasteiger partial charge in [0.1, 0.15) is 5.82 Å². The second-order valence-corrected chi connectivity index (χ2v) is 9.48. The third-order valence-electron chi connectivity index (χ3n) is 6.51. The van der Waals surface area contributed by atoms with Gasteiger partial charge in [0.2, 0.25) is 0 Å². The highest BCUT2D eigenvalue weighted by Gasteiger charge is 2.23. The predicted octanol–water partition coefficient (Wildman–Crippen LogP) is 6.43. The summed E-state index contributed by atoms with van der Waals surface area (Å²) in [5, 5.41) is 8.42. The fraction of sp³-hybridized carbons (Fsp3) is 0.214. The SMILES string of the molecule is Nc1cccc(-c2cc(F)cc(C(=O)NC3CCC(Nc4ccnc5cc(Cl)ccc45)CC3)c2)c1. The molecule has 4 aromatic rings. The Bertz CT molecular complexity index is 1380. The van der Waals surface area contributed by atoms with Crippen LogP contribution < -0.4 is 16.4 Å². The van der Waals surface area contributed by atoms with E-state index >= 15 is 0 Å². The van der Waals surface area contributed by atoms with Crippen molar-refractivity contribution in [3.05, 3.63) is 89.3 Å². The molecule has 35 heavy (non-hydrogen) atoms. The Kier molecular flexibility index (Phi) is 6.55. The average molecular weight is 489 g/mol. The minimum Gasteiger partial charge on any atom is -0.399 e. The number of halogens is 2. The Morgan fingerprint density at radius 2 is 1.74 bits per heavy atom. The number of nitrogens with zero attached hydrogens (tertiary/aromatic N) is 1. The molecule has 0 unspecified atom stereocenters. The maximum atomic E-state index is 14.3. The number of pyridine rings is 1. The average Bonchev–Trinajstić information content (AvgIpc) is 2.85. The third kappa shape index (κ3) is 5.38. The van der Waals surface area contributed by atoms with E-state index in [1.807, 2.05) is 36.4 Å². The van der Waals surface area contributed by atoms with E-state index < -0.39 is 5.82 Å². The van der Waals surface area contributed by atoms with Crippen molar-refractivity contribution in [3.8, 4) is 11.1 Å². The molecule has 0 atom stereocenters. The zero-order chi connectivity index (χ0) is 24.4. The number of nitrogens with two attached hydrogens (primary N) is 1. The maximum absolute atomic E-state index is 14.3. The minimum absolute atomic E-state index is 0.0487. The molecule has 4 N–H and O–H groups in total. The van der Waals surface area contributed by atoms with Gasteiger partial charge in [-0.2, -0.15) is 0 Å². The van der Waals surface area contributed by atoms with Crippen LogP contribution in [0.1, 0.15) is 36.0 Å². The van der Waals surface area contributed by atoms with Gasteiger partial charge in [-0.15, -0.1) is 0 Å². The van der Waals surface area contributed by atoms with Crippen molar-refractivity contribution >= 4 is 39.8 Å². The van der Waals surface area contributed by atoms with Gasteiger partial charge in [-0.25, -0.2) is 4.39 Å². The van der Waals surface area contributed by atoms with Crippen LogP contribution in [0.4, 0.5) is 15.8 Å². The summed E-state index contributed by atoms with van der Waals surface area (Å²) in [6, 6.07) is 19.6. The molecule has 0 saturated heterocycles. The van der Waals surface area contributed by atoms with Crippen LogP contribution in [0.5, 0.6) is 0 Å². The first-order valence-corrected chi connectivity index (χ1v) is 12.1. The summed E-state index contributed by atoms with van der Waals surface area (Å²) < 4.78 is 14.3. The molecule has 0 bridgehead atoms. The second-order valence-electron chi connectivity index (χ2n) is 9.04. The second kappa shape index (κ2) is 9.92. The van der Waals surface area contributed by atoms with Crippen molar-refractivity contribution in [3.63, 3.8) is 0 Å². The molecule has 1 aromatic heterocycles. The fourth-order valence-electron chi connectivity index (χ4n) is 4.72. The van der Waals surface area contributed by atoms with E-state index in [0.717, 1.165) is 47.8 Å². The molecule has 1 amide bonds. The molecule has 5 rings (SSSR count). The van der Waals surface area contributed by atoms with Gasteiger partial charge in [-0.1, -0.05) is 23.7 Å². The smallest absolute Gasteiger partial charge is 0.251 e. The Balaban J connectivity index is 1.22. The molecule has 7 heteroatoms. The van der Waals surface area contributed by atoms with Gasteiger partial charge in [-0.05, 0) is 91.4 Å². The number of fused-ring (bicyclic) bond motifs is 1. The number of hydrogen-bond donors (Lipinski definition) is 3. The largest absolute Gasteiger partial charge is 0.399 e. The molecule has 0 radical (unpaired) electrons. The number of benzene rings is 3. The molecule has 1 fully saturated rings. The summed E-state index contributed by atoms with van der Waals surface area (Å²) in [6.45, 7) is 0. The van der Waals surface area contributed by atoms with E-state index in [-0.39, 0.29) is 11.9 Å². The van der Waals surface area contributed by atoms with Gasteiger partial charge < -0.3 is 16.4 Å². The fourth-order valence-corrected chi connectivity index (χ4v) is 4.89. The number of aromatic nitrogens is 1. The van der Waals surface area contributed by atoms with Gasteiger partial charge in [0.15, 0.2) is 0 Å². The minimum atomic E-state index is -0.450. The lowest BCUT2D eigenvalue weighted by molar-refractivity contribution is 0.0926. The molecular formula is C28H26ClFN4O. The van der Waals surface area contributed by atoms with E-state index in [0.29, 0.717) is 27.9 Å². The van der Waals surface area contributed by atoms with Gasteiger partial charge in [0, 0.05) is 45.6 Å². The summed E-state index contributed by atoms with van der Waals surface area (Å²) in [5.74, 6) is -0.711. The van der Waals surface area contributed by atoms with Crippen LogP contribution >= 0.6 is 11.6 Å². The number of rotatable bonds is 5. The molecule has 1 saturated carbocycles. The molecule has 1 heterocycles. The normalized spacial score (nSPS) is 17.8. The molecule has 0 spiro atoms. The van der Waals surface area contributed by atoms with E-state index in [1.54, 1.807) is 24.4 Å². The molecule has 178 valence electrons. The van der Waals surface area contributed by atoms with E-state index in [1.165, 1.54) is 12.1 Å². The summed E-state index contributed by atoms with van der Waals surface area (Å²) in [5.41, 5.74) is 10.1. The lowest BCUT2D eigenvalue weighted by Gasteiger charge is -2.30. The molecule has 1 aliphatic carbocycles. The standard InChI is InChI=1S/C28H26ClFN4O/c29-20-4-9-25-26(10-11-32-27(25)16-20)33-23-5-7-24(8-6-23)34-28(35)19-12-18(13-21(30)14-19)17-2-1-3-22(31)15-17/h1-4,9-16,23-24H,5-8,31H2,(H,32,33)(H,34,35). The monoisotopic (exact) mass is 488 g/mol. The quantitative estimate of drug-likeness (QED) is 0.283. The lowest BCUT2D eigenvalue weighted by atomic mass is 9.90. The van der Waals surface area contributed by atoms with Crippen molar-refractivity contribution in [1.29, 1.82) is 0 Å². The molecule has 3 aromatic carbocycles. The number of amides is 1. The lowest BCUT2D eigenvalue weighted by Crippen LogP contribution is -2.40. The summed E-state index contributed by atoms with van der Waals surface area (Å²) >= 11 is 6.10. The molecule has 5 nitrogen and oxygen atoms in total. The van der Waals surface area contributed by atoms with Crippen molar-refractivity contribution in [2.45, 2.75) is 37.8 Å². The zero-order valence-corrected chi connectivity index (χ0v) is 19.9. The van der Waals surface area contributed by atoms with Crippen LogP contribution in [-0.4, -0.2) is 23.0 Å². The van der Waals surface area contributed by atoms with Gasteiger partial charge >= 0.3 is 0 Å². The van der Waals surface area contributed by atoms with Crippen LogP contribution in [0.2, 0.25) is 5.02 Å². The Hall–Kier alpha value is -3.64. The first-order chi connectivity index (χ1) is 16.9. The van der Waals surface area contributed by atoms with Crippen molar-refractivity contribution in [1.82, 2.24) is 10.3 Å². The van der Waals surface area contributed by atoms with Gasteiger partial charge in [-0.3, -0.25) is 9.78 Å². The van der Waals surface area contributed by atoms with Gasteiger partial charge in [0.05, 0.1) is 5.52 Å². The highest BCUT2D eigenvalue weighted by Crippen LogP contribution is 2.29. The van der Waals surface area contributed by atoms with E-state index in [9.17, 15) is 9.18 Å². The Morgan fingerprint density at radius 3 is 2.54 bits per heavy atom. The predicted molar refractivity (Wildman–Crippen MR) is 140 cm³/mol. The van der Waals surface area contributed by atoms with Crippen molar-refractivity contribution in [2.75, 3.05) is 11.1 Å². The number of hydrogen-bond acceptors (Lipinski definition) is 4. The summed E-state index contributed by atoms with van der Waals surface area (Å²) in [4.78, 5) is 17.3. The van der Waals surface area contributed by atoms with Crippen molar-refractivity contribution < 1.29 is 9.18 Å². The number of nitrogens with one attached hydrogen (secondary N) is 2. The van der Waals surface area contributed by atoms with Crippen LogP contribution in [0.25, 0.3) is 22.0 Å². The number of carbonyl (C=O) groups excluding carboxylic acids is 1. The molecule has 1 aliphatic rings. The number of carbonyl (C=O) groups is 1. The zero-order valence-electron chi connectivity index (χ0n) is 19.1. The van der Waals surface area contributed by atoms with Crippen LogP contribution in [-0.2, 0) is 0 Å². The van der Waals surface area contributed by atoms with Crippen LogP contribution in [0, 0.1) is 5.82 Å². The Morgan fingerprint density at radius 1 is 0.943 bits per heavy atom. The first-order valence-electron chi connectivity index (χ1n) is 11.7. The van der Waals surface area contributed by atoms with Crippen LogP contribution in [0.15, 0.2) is 72.9 Å². The van der Waals surface area contributed by atoms with E-state index in [2.05, 4.69) is 15.6 Å².